The molecule has 1 saturated heterocycles. The Kier molecular flexibility index (Phi) is 8.10. The van der Waals surface area contributed by atoms with Crippen molar-refractivity contribution in [1.29, 1.82) is 0 Å². The van der Waals surface area contributed by atoms with Crippen LogP contribution in [0.2, 0.25) is 0 Å². The van der Waals surface area contributed by atoms with Gasteiger partial charge in [0.1, 0.15) is 19.0 Å². The number of phosphoric acid groups is 2. The summed E-state index contributed by atoms with van der Waals surface area (Å²) in [6, 6.07) is 0. The van der Waals surface area contributed by atoms with Crippen molar-refractivity contribution in [3.63, 3.8) is 0 Å². The minimum Gasteiger partial charge on any atom is -0.369 e. The lowest BCUT2D eigenvalue weighted by Gasteiger charge is -2.22. The summed E-state index contributed by atoms with van der Waals surface area (Å²) in [5, 5.41) is 0. The van der Waals surface area contributed by atoms with Crippen LogP contribution in [0.15, 0.2) is 4.79 Å². The molecule has 0 radical (unpaired) electrons. The highest BCUT2D eigenvalue weighted by atomic mass is 32.2. The SMILES string of the molecule is CCS(=O)(=O)O.CN1CN(COC2COP(=O)(O)OP(=O)(O)O2)c2nc(N)n(C)c(=O)c21. The number of fused-ring (bicyclic) bond motifs is 1. The molecule has 0 saturated carbocycles. The third-order valence-corrected chi connectivity index (χ3v) is 7.32. The predicted molar refractivity (Wildman–Crippen MR) is 109 cm³/mol. The molecule has 3 heterocycles. The van der Waals surface area contributed by atoms with E-state index in [1.54, 1.807) is 11.9 Å². The second-order valence-electron chi connectivity index (χ2n) is 6.40. The van der Waals surface area contributed by atoms with E-state index in [0.29, 0.717) is 5.69 Å². The summed E-state index contributed by atoms with van der Waals surface area (Å²) < 4.78 is 69.5. The van der Waals surface area contributed by atoms with Gasteiger partial charge in [-0.1, -0.05) is 0 Å². The average molecular weight is 523 g/mol. The summed E-state index contributed by atoms with van der Waals surface area (Å²) in [6.07, 6.45) is -1.47. The van der Waals surface area contributed by atoms with Crippen molar-refractivity contribution < 1.29 is 50.0 Å². The lowest BCUT2D eigenvalue weighted by Crippen LogP contribution is -2.34. The zero-order chi connectivity index (χ0) is 24.5. The Balaban J connectivity index is 0.000000534. The monoisotopic (exact) mass is 523 g/mol. The molecule has 0 bridgehead atoms. The van der Waals surface area contributed by atoms with E-state index in [9.17, 15) is 32.1 Å². The van der Waals surface area contributed by atoms with Crippen molar-refractivity contribution >= 4 is 43.2 Å². The van der Waals surface area contributed by atoms with E-state index >= 15 is 0 Å². The van der Waals surface area contributed by atoms with E-state index in [0.717, 1.165) is 0 Å². The molecular weight excluding hydrogens is 500 g/mol. The fraction of sp³-hybridized carbons (Fsp3) is 0.667. The topological polar surface area (TPSA) is 233 Å². The Hall–Kier alpha value is -1.59. The van der Waals surface area contributed by atoms with Crippen LogP contribution in [0.25, 0.3) is 0 Å². The van der Waals surface area contributed by atoms with E-state index in [-0.39, 0.29) is 36.5 Å². The number of nitrogens with zero attached hydrogens (tertiary/aromatic N) is 4. The summed E-state index contributed by atoms with van der Waals surface area (Å²) in [7, 11) is -10.1. The molecule has 3 atom stereocenters. The van der Waals surface area contributed by atoms with Gasteiger partial charge in [0.25, 0.3) is 15.7 Å². The quantitative estimate of drug-likeness (QED) is 0.275. The molecule has 1 aromatic heterocycles. The molecule has 3 unspecified atom stereocenters. The van der Waals surface area contributed by atoms with Crippen molar-refractivity contribution in [3.05, 3.63) is 10.4 Å². The Bertz CT molecular complexity index is 1110. The summed E-state index contributed by atoms with van der Waals surface area (Å²) in [4.78, 5) is 38.2. The Morgan fingerprint density at radius 3 is 2.44 bits per heavy atom. The van der Waals surface area contributed by atoms with Gasteiger partial charge in [0.05, 0.1) is 12.4 Å². The first-order valence-corrected chi connectivity index (χ1v) is 13.2. The van der Waals surface area contributed by atoms with Crippen LogP contribution >= 0.6 is 15.6 Å². The minimum atomic E-state index is -4.85. The molecule has 0 aliphatic carbocycles. The van der Waals surface area contributed by atoms with Gasteiger partial charge in [-0.2, -0.15) is 17.7 Å². The molecule has 3 rings (SSSR count). The second-order valence-corrected chi connectivity index (χ2v) is 11.1. The number of hydrogen-bond acceptors (Lipinski definition) is 13. The van der Waals surface area contributed by atoms with Gasteiger partial charge in [-0.05, 0) is 6.92 Å². The normalized spacial score (nSPS) is 28.0. The lowest BCUT2D eigenvalue weighted by atomic mass is 10.4. The van der Waals surface area contributed by atoms with Gasteiger partial charge in [-0.3, -0.25) is 23.0 Å². The molecule has 1 fully saturated rings. The smallest absolute Gasteiger partial charge is 0.369 e. The number of nitrogens with two attached hydrogens (primary N) is 1. The number of phosphoric ester groups is 2. The first-order chi connectivity index (χ1) is 14.6. The van der Waals surface area contributed by atoms with Gasteiger partial charge < -0.3 is 30.1 Å². The first kappa shape index (κ1) is 26.7. The molecular formula is C12H23N5O12P2S. The third kappa shape index (κ3) is 6.95. The molecule has 2 aliphatic rings. The van der Waals surface area contributed by atoms with E-state index < -0.39 is 38.7 Å². The molecule has 5 N–H and O–H groups in total. The zero-order valence-electron chi connectivity index (χ0n) is 17.1. The van der Waals surface area contributed by atoms with Gasteiger partial charge in [0.15, 0.2) is 12.1 Å². The van der Waals surface area contributed by atoms with Gasteiger partial charge in [-0.15, -0.1) is 0 Å². The Morgan fingerprint density at radius 2 is 1.88 bits per heavy atom. The van der Waals surface area contributed by atoms with E-state index in [2.05, 4.69) is 18.3 Å². The van der Waals surface area contributed by atoms with E-state index in [4.69, 9.17) is 15.0 Å². The van der Waals surface area contributed by atoms with Crippen LogP contribution in [0.1, 0.15) is 6.92 Å². The van der Waals surface area contributed by atoms with Crippen LogP contribution in [0.5, 0.6) is 0 Å². The van der Waals surface area contributed by atoms with Crippen LogP contribution in [-0.4, -0.2) is 71.4 Å². The third-order valence-electron chi connectivity index (χ3n) is 3.96. The molecule has 0 amide bonds. The molecule has 1 aromatic rings. The van der Waals surface area contributed by atoms with Crippen molar-refractivity contribution in [2.45, 2.75) is 13.2 Å². The maximum atomic E-state index is 12.3. The lowest BCUT2D eigenvalue weighted by molar-refractivity contribution is -0.104. The van der Waals surface area contributed by atoms with Crippen molar-refractivity contribution in [2.75, 3.05) is 48.3 Å². The number of hydrogen-bond donors (Lipinski definition) is 4. The van der Waals surface area contributed by atoms with Crippen molar-refractivity contribution in [1.82, 2.24) is 9.55 Å². The van der Waals surface area contributed by atoms with E-state index in [1.165, 1.54) is 23.4 Å². The van der Waals surface area contributed by atoms with Crippen LogP contribution in [0, 0.1) is 0 Å². The van der Waals surface area contributed by atoms with Crippen LogP contribution in [0.3, 0.4) is 0 Å². The molecule has 184 valence electrons. The molecule has 0 aromatic carbocycles. The maximum Gasteiger partial charge on any atom is 0.483 e. The maximum absolute atomic E-state index is 12.3. The summed E-state index contributed by atoms with van der Waals surface area (Å²) in [6.45, 7) is 0.734. The highest BCUT2D eigenvalue weighted by Crippen LogP contribution is 2.63. The summed E-state index contributed by atoms with van der Waals surface area (Å²) in [5.41, 5.74) is 5.66. The molecule has 0 spiro atoms. The van der Waals surface area contributed by atoms with E-state index in [1.807, 2.05) is 0 Å². The van der Waals surface area contributed by atoms with Gasteiger partial charge in [0, 0.05) is 14.1 Å². The molecule has 2 aliphatic heterocycles. The Labute approximate surface area is 182 Å². The van der Waals surface area contributed by atoms with Crippen LogP contribution in [-0.2, 0) is 44.4 Å². The van der Waals surface area contributed by atoms with Gasteiger partial charge in [0.2, 0.25) is 5.95 Å². The highest BCUT2D eigenvalue weighted by molar-refractivity contribution is 7.85. The molecule has 32 heavy (non-hydrogen) atoms. The minimum absolute atomic E-state index is 0.00224. The van der Waals surface area contributed by atoms with Crippen molar-refractivity contribution in [3.8, 4) is 0 Å². The zero-order valence-corrected chi connectivity index (χ0v) is 19.7. The number of ether oxygens (including phenoxy) is 1. The number of nitrogen functional groups attached to an aromatic ring is 1. The number of anilines is 3. The van der Waals surface area contributed by atoms with Crippen LogP contribution < -0.4 is 21.1 Å². The summed E-state index contributed by atoms with van der Waals surface area (Å²) >= 11 is 0. The Morgan fingerprint density at radius 1 is 1.28 bits per heavy atom. The molecule has 17 nitrogen and oxygen atoms in total. The fourth-order valence-corrected chi connectivity index (χ4v) is 4.52. The second kappa shape index (κ2) is 9.72. The van der Waals surface area contributed by atoms with Crippen LogP contribution in [0.4, 0.5) is 17.5 Å². The first-order valence-electron chi connectivity index (χ1n) is 8.64. The number of aromatic nitrogens is 2. The highest BCUT2D eigenvalue weighted by Gasteiger charge is 2.42. The van der Waals surface area contributed by atoms with Gasteiger partial charge in [-0.25, -0.2) is 9.13 Å². The average Bonchev–Trinajstić information content (AvgIpc) is 2.90. The molecule has 20 heteroatoms. The fourth-order valence-electron chi connectivity index (χ4n) is 2.40. The van der Waals surface area contributed by atoms with Crippen molar-refractivity contribution in [2.24, 2.45) is 7.05 Å². The van der Waals surface area contributed by atoms with Gasteiger partial charge >= 0.3 is 15.6 Å². The standard InChI is InChI=1S/C10H17N5O9P2.C2H6O3S/c1-13-4-15(8-7(13)9(16)14(2)10(11)12-8)5-21-6-3-22-25(17,18)24-26(19,20)23-6;1-2-6(3,4)5/h6H,3-5H2,1-2H3,(H2,11,12)(H,17,18)(H,19,20);2H2,1H3,(H,3,4,5). The largest absolute Gasteiger partial charge is 0.483 e. The predicted octanol–water partition coefficient (Wildman–Crippen LogP) is -0.965. The summed E-state index contributed by atoms with van der Waals surface area (Å²) in [5.74, 6) is 0.0592. The number of rotatable bonds is 4.